The molecule has 0 radical (unpaired) electrons. The molecule has 7 heteroatoms. The molecule has 2 aromatic rings. The second-order valence-electron chi connectivity index (χ2n) is 7.24. The maximum Gasteiger partial charge on any atom is 0.264 e. The highest BCUT2D eigenvalue weighted by molar-refractivity contribution is 6.30. The summed E-state index contributed by atoms with van der Waals surface area (Å²) >= 11 is 5.88. The van der Waals surface area contributed by atoms with E-state index in [9.17, 15) is 14.9 Å². The molecule has 1 heterocycles. The number of nitriles is 1. The Kier molecular flexibility index (Phi) is 6.65. The highest BCUT2D eigenvalue weighted by atomic mass is 35.5. The van der Waals surface area contributed by atoms with E-state index in [0.717, 1.165) is 6.42 Å². The molecule has 2 N–H and O–H groups in total. The number of carbonyl (C=O) groups is 2. The lowest BCUT2D eigenvalue weighted by Crippen LogP contribution is -2.30. The van der Waals surface area contributed by atoms with Gasteiger partial charge in [-0.25, -0.2) is 4.99 Å². The zero-order valence-corrected chi connectivity index (χ0v) is 17.5. The van der Waals surface area contributed by atoms with Crippen LogP contribution in [-0.2, 0) is 4.79 Å². The molecule has 0 bridgehead atoms. The second kappa shape index (κ2) is 9.38. The zero-order valence-electron chi connectivity index (χ0n) is 16.7. The number of rotatable bonds is 5. The summed E-state index contributed by atoms with van der Waals surface area (Å²) in [7, 11) is 0. The van der Waals surface area contributed by atoms with Gasteiger partial charge in [-0.05, 0) is 36.6 Å². The Labute approximate surface area is 180 Å². The number of nitrogens with one attached hydrogen (secondary N) is 2. The first-order chi connectivity index (χ1) is 14.4. The van der Waals surface area contributed by atoms with Gasteiger partial charge in [0, 0.05) is 28.3 Å². The van der Waals surface area contributed by atoms with Gasteiger partial charge in [0.15, 0.2) is 0 Å². The highest BCUT2D eigenvalue weighted by Gasteiger charge is 2.27. The average Bonchev–Trinajstić information content (AvgIpc) is 3.07. The van der Waals surface area contributed by atoms with Crippen molar-refractivity contribution < 1.29 is 9.59 Å². The van der Waals surface area contributed by atoms with Crippen molar-refractivity contribution >= 4 is 34.9 Å². The summed E-state index contributed by atoms with van der Waals surface area (Å²) in [4.78, 5) is 29.6. The van der Waals surface area contributed by atoms with Crippen molar-refractivity contribution in [3.8, 4) is 6.07 Å². The summed E-state index contributed by atoms with van der Waals surface area (Å²) in [6.07, 6.45) is 0.808. The minimum atomic E-state index is -0.475. The smallest absolute Gasteiger partial charge is 0.264 e. The number of aliphatic imine (C=N–C) groups is 1. The van der Waals surface area contributed by atoms with Crippen LogP contribution < -0.4 is 10.6 Å². The van der Waals surface area contributed by atoms with Crippen LogP contribution in [0.3, 0.4) is 0 Å². The standard InChI is InChI=1S/C23H21ClN4O2/c1-14(2)11-12-26-23(30)19(13-25)20-17-5-3-4-6-18(17)21(27-20)28-22(29)15-7-9-16(24)10-8-15/h3-10,14H,11-12H2,1-2H3,(H,26,30)(H,27,28,29)/b20-19-. The molecule has 2 amide bonds. The van der Waals surface area contributed by atoms with Gasteiger partial charge in [-0.15, -0.1) is 0 Å². The zero-order chi connectivity index (χ0) is 21.7. The van der Waals surface area contributed by atoms with Crippen molar-refractivity contribution in [1.29, 1.82) is 5.26 Å². The maximum atomic E-state index is 12.6. The number of amides is 2. The van der Waals surface area contributed by atoms with Crippen LogP contribution in [0, 0.1) is 17.2 Å². The van der Waals surface area contributed by atoms with E-state index in [4.69, 9.17) is 11.6 Å². The van der Waals surface area contributed by atoms with Crippen molar-refractivity contribution in [2.75, 3.05) is 6.54 Å². The Bertz CT molecular complexity index is 1080. The SMILES string of the molecule is CC(C)CCNC(=O)/C(C#N)=C1\N=C(NC(=O)c2ccc(Cl)cc2)c2ccccc21. The quantitative estimate of drug-likeness (QED) is 0.566. The highest BCUT2D eigenvalue weighted by Crippen LogP contribution is 2.30. The fraction of sp³-hybridized carbons (Fsp3) is 0.217. The molecule has 30 heavy (non-hydrogen) atoms. The predicted octanol–water partition coefficient (Wildman–Crippen LogP) is 3.93. The first-order valence-electron chi connectivity index (χ1n) is 9.58. The number of amidine groups is 1. The van der Waals surface area contributed by atoms with E-state index in [1.807, 2.05) is 6.07 Å². The molecule has 0 unspecified atom stereocenters. The number of nitrogens with zero attached hydrogens (tertiary/aromatic N) is 2. The van der Waals surface area contributed by atoms with Gasteiger partial charge in [0.25, 0.3) is 11.8 Å². The molecule has 0 aliphatic carbocycles. The fourth-order valence-corrected chi connectivity index (χ4v) is 3.10. The van der Waals surface area contributed by atoms with Crippen LogP contribution in [0.1, 0.15) is 41.8 Å². The summed E-state index contributed by atoms with van der Waals surface area (Å²) in [5, 5.41) is 15.7. The summed E-state index contributed by atoms with van der Waals surface area (Å²) in [5.41, 5.74) is 1.87. The third-order valence-corrected chi connectivity index (χ3v) is 4.83. The van der Waals surface area contributed by atoms with Crippen molar-refractivity contribution in [1.82, 2.24) is 10.6 Å². The second-order valence-corrected chi connectivity index (χ2v) is 7.68. The van der Waals surface area contributed by atoms with Gasteiger partial charge in [0.1, 0.15) is 17.5 Å². The van der Waals surface area contributed by atoms with Crippen molar-refractivity contribution in [3.63, 3.8) is 0 Å². The number of fused-ring (bicyclic) bond motifs is 1. The first kappa shape index (κ1) is 21.3. The lowest BCUT2D eigenvalue weighted by atomic mass is 10.0. The van der Waals surface area contributed by atoms with Gasteiger partial charge in [0.2, 0.25) is 0 Å². The monoisotopic (exact) mass is 420 g/mol. The molecular formula is C23H21ClN4O2. The van der Waals surface area contributed by atoms with Crippen LogP contribution in [0.25, 0.3) is 5.70 Å². The molecule has 1 aliphatic rings. The molecule has 0 aromatic heterocycles. The fourth-order valence-electron chi connectivity index (χ4n) is 2.97. The van der Waals surface area contributed by atoms with Gasteiger partial charge >= 0.3 is 0 Å². The van der Waals surface area contributed by atoms with Gasteiger partial charge < -0.3 is 10.6 Å². The van der Waals surface area contributed by atoms with Crippen LogP contribution >= 0.6 is 11.6 Å². The third-order valence-electron chi connectivity index (χ3n) is 4.58. The van der Waals surface area contributed by atoms with Gasteiger partial charge in [-0.1, -0.05) is 49.7 Å². The molecule has 0 spiro atoms. The molecule has 0 atom stereocenters. The number of benzene rings is 2. The Balaban J connectivity index is 1.91. The molecule has 0 saturated carbocycles. The van der Waals surface area contributed by atoms with Crippen molar-refractivity contribution in [3.05, 3.63) is 75.8 Å². The molecule has 152 valence electrons. The summed E-state index contributed by atoms with van der Waals surface area (Å²) in [6, 6.07) is 15.6. The number of halogens is 1. The minimum absolute atomic E-state index is 0.0815. The van der Waals surface area contributed by atoms with E-state index in [-0.39, 0.29) is 17.2 Å². The molecule has 3 rings (SSSR count). The van der Waals surface area contributed by atoms with Crippen LogP contribution in [0.5, 0.6) is 0 Å². The van der Waals surface area contributed by atoms with Crippen LogP contribution in [0.15, 0.2) is 59.1 Å². The van der Waals surface area contributed by atoms with E-state index >= 15 is 0 Å². The maximum absolute atomic E-state index is 12.6. The van der Waals surface area contributed by atoms with Crippen LogP contribution in [0.4, 0.5) is 0 Å². The molecule has 2 aromatic carbocycles. The van der Waals surface area contributed by atoms with Crippen molar-refractivity contribution in [2.24, 2.45) is 10.9 Å². The van der Waals surface area contributed by atoms with E-state index < -0.39 is 5.91 Å². The van der Waals surface area contributed by atoms with Gasteiger partial charge in [0.05, 0.1) is 5.70 Å². The Hall–Kier alpha value is -3.43. The Morgan fingerprint density at radius 3 is 2.40 bits per heavy atom. The van der Waals surface area contributed by atoms with E-state index in [1.54, 1.807) is 48.5 Å². The third kappa shape index (κ3) is 4.76. The van der Waals surface area contributed by atoms with Crippen molar-refractivity contribution in [2.45, 2.75) is 20.3 Å². The molecule has 6 nitrogen and oxygen atoms in total. The van der Waals surface area contributed by atoms with Gasteiger partial charge in [-0.3, -0.25) is 9.59 Å². The first-order valence-corrected chi connectivity index (χ1v) is 9.96. The van der Waals surface area contributed by atoms with Crippen LogP contribution in [0.2, 0.25) is 5.02 Å². The van der Waals surface area contributed by atoms with E-state index in [1.165, 1.54) is 0 Å². The average molecular weight is 421 g/mol. The lowest BCUT2D eigenvalue weighted by molar-refractivity contribution is -0.117. The summed E-state index contributed by atoms with van der Waals surface area (Å²) < 4.78 is 0. The minimum Gasteiger partial charge on any atom is -0.351 e. The van der Waals surface area contributed by atoms with E-state index in [0.29, 0.717) is 40.0 Å². The number of hydrogen-bond acceptors (Lipinski definition) is 4. The molecule has 1 aliphatic heterocycles. The molecule has 0 fully saturated rings. The topological polar surface area (TPSA) is 94.3 Å². The molecule has 0 saturated heterocycles. The molecular weight excluding hydrogens is 400 g/mol. The van der Waals surface area contributed by atoms with Crippen LogP contribution in [-0.4, -0.2) is 24.2 Å². The summed E-state index contributed by atoms with van der Waals surface area (Å²) in [6.45, 7) is 4.59. The lowest BCUT2D eigenvalue weighted by Gasteiger charge is -2.07. The number of carbonyl (C=O) groups excluding carboxylic acids is 2. The summed E-state index contributed by atoms with van der Waals surface area (Å²) in [5.74, 6) is -0.106. The normalized spacial score (nSPS) is 13.9. The largest absolute Gasteiger partial charge is 0.351 e. The predicted molar refractivity (Wildman–Crippen MR) is 117 cm³/mol. The number of hydrogen-bond donors (Lipinski definition) is 2. The van der Waals surface area contributed by atoms with E-state index in [2.05, 4.69) is 29.5 Å². The Morgan fingerprint density at radius 2 is 1.77 bits per heavy atom. The van der Waals surface area contributed by atoms with Gasteiger partial charge in [-0.2, -0.15) is 5.26 Å². The Morgan fingerprint density at radius 1 is 1.10 bits per heavy atom.